The summed E-state index contributed by atoms with van der Waals surface area (Å²) in [5.41, 5.74) is 0. The summed E-state index contributed by atoms with van der Waals surface area (Å²) in [5.74, 6) is -0.902. The van der Waals surface area contributed by atoms with Crippen LogP contribution in [0.5, 0.6) is 0 Å². The lowest BCUT2D eigenvalue weighted by molar-refractivity contribution is -0.150. The first-order valence-electron chi connectivity index (χ1n) is 4.00. The van der Waals surface area contributed by atoms with Crippen LogP contribution in [0, 0.1) is 0 Å². The van der Waals surface area contributed by atoms with Gasteiger partial charge in [-0.3, -0.25) is 9.59 Å². The highest BCUT2D eigenvalue weighted by Gasteiger charge is 2.30. The smallest absolute Gasteiger partial charge is 0.345 e. The fourth-order valence-electron chi connectivity index (χ4n) is 1.07. The van der Waals surface area contributed by atoms with Gasteiger partial charge >= 0.3 is 6.18 Å². The lowest BCUT2D eigenvalue weighted by Crippen LogP contribution is -2.52. The van der Waals surface area contributed by atoms with Gasteiger partial charge < -0.3 is 10.2 Å². The molecule has 0 unspecified atom stereocenters. The van der Waals surface area contributed by atoms with Gasteiger partial charge in [0.25, 0.3) is 0 Å². The van der Waals surface area contributed by atoms with Gasteiger partial charge in [-0.25, -0.2) is 0 Å². The highest BCUT2D eigenvalue weighted by molar-refractivity contribution is 5.92. The summed E-state index contributed by atoms with van der Waals surface area (Å²) < 4.78 is 35.4. The van der Waals surface area contributed by atoms with Gasteiger partial charge in [-0.2, -0.15) is 13.2 Å². The first-order chi connectivity index (χ1) is 6.38. The van der Waals surface area contributed by atoms with Crippen molar-refractivity contribution in [2.75, 3.05) is 19.6 Å². The Balaban J connectivity index is 2.42. The largest absolute Gasteiger partial charge is 0.390 e. The van der Waals surface area contributed by atoms with Crippen molar-refractivity contribution in [1.29, 1.82) is 0 Å². The molecule has 1 rings (SSSR count). The van der Waals surface area contributed by atoms with Gasteiger partial charge in [-0.1, -0.05) is 0 Å². The minimum Gasteiger partial charge on any atom is -0.345 e. The Hall–Kier alpha value is -1.27. The molecule has 1 saturated heterocycles. The lowest BCUT2D eigenvalue weighted by Gasteiger charge is -2.26. The molecule has 1 heterocycles. The SMILES string of the molecule is O=C1CN(CCC(F)(F)F)C(=O)CN1. The summed E-state index contributed by atoms with van der Waals surface area (Å²) in [5, 5.41) is 2.25. The molecule has 1 aliphatic heterocycles. The quantitative estimate of drug-likeness (QED) is 0.691. The minimum atomic E-state index is -4.30. The number of amides is 2. The third-order valence-corrected chi connectivity index (χ3v) is 1.79. The zero-order valence-corrected chi connectivity index (χ0v) is 7.23. The van der Waals surface area contributed by atoms with E-state index in [9.17, 15) is 22.8 Å². The van der Waals surface area contributed by atoms with Crippen LogP contribution in [-0.2, 0) is 9.59 Å². The van der Waals surface area contributed by atoms with Gasteiger partial charge in [0.05, 0.1) is 19.5 Å². The van der Waals surface area contributed by atoms with Crippen molar-refractivity contribution in [2.45, 2.75) is 12.6 Å². The van der Waals surface area contributed by atoms with Crippen LogP contribution >= 0.6 is 0 Å². The van der Waals surface area contributed by atoms with Crippen molar-refractivity contribution in [2.24, 2.45) is 0 Å². The third-order valence-electron chi connectivity index (χ3n) is 1.79. The molecule has 0 aromatic rings. The van der Waals surface area contributed by atoms with Crippen LogP contribution in [0.1, 0.15) is 6.42 Å². The second kappa shape index (κ2) is 3.85. The summed E-state index contributed by atoms with van der Waals surface area (Å²) in [4.78, 5) is 22.7. The van der Waals surface area contributed by atoms with Crippen LogP contribution in [0.4, 0.5) is 13.2 Å². The highest BCUT2D eigenvalue weighted by atomic mass is 19.4. The monoisotopic (exact) mass is 210 g/mol. The fourth-order valence-corrected chi connectivity index (χ4v) is 1.07. The van der Waals surface area contributed by atoms with Crippen molar-refractivity contribution in [1.82, 2.24) is 10.2 Å². The molecule has 7 heteroatoms. The van der Waals surface area contributed by atoms with E-state index in [2.05, 4.69) is 5.32 Å². The molecule has 1 fully saturated rings. The third kappa shape index (κ3) is 3.23. The van der Waals surface area contributed by atoms with Gasteiger partial charge in [0.2, 0.25) is 11.8 Å². The van der Waals surface area contributed by atoms with E-state index in [0.717, 1.165) is 4.90 Å². The van der Waals surface area contributed by atoms with E-state index in [0.29, 0.717) is 0 Å². The van der Waals surface area contributed by atoms with Gasteiger partial charge in [-0.05, 0) is 0 Å². The van der Waals surface area contributed by atoms with Gasteiger partial charge in [0, 0.05) is 6.54 Å². The number of alkyl halides is 3. The van der Waals surface area contributed by atoms with Gasteiger partial charge in [0.15, 0.2) is 0 Å². The van der Waals surface area contributed by atoms with Crippen LogP contribution < -0.4 is 5.32 Å². The summed E-state index contributed by atoms with van der Waals surface area (Å²) in [6.45, 7) is -0.943. The Kier molecular flexibility index (Phi) is 2.97. The average molecular weight is 210 g/mol. The van der Waals surface area contributed by atoms with Crippen molar-refractivity contribution in [3.8, 4) is 0 Å². The molecule has 1 N–H and O–H groups in total. The highest BCUT2D eigenvalue weighted by Crippen LogP contribution is 2.19. The summed E-state index contributed by atoms with van der Waals surface area (Å²) >= 11 is 0. The maximum Gasteiger partial charge on any atom is 0.390 e. The summed E-state index contributed by atoms with van der Waals surface area (Å²) in [7, 11) is 0. The topological polar surface area (TPSA) is 49.4 Å². The molecule has 0 spiro atoms. The van der Waals surface area contributed by atoms with Crippen molar-refractivity contribution in [3.05, 3.63) is 0 Å². The van der Waals surface area contributed by atoms with E-state index in [1.54, 1.807) is 0 Å². The molecule has 0 aromatic carbocycles. The molecule has 0 bridgehead atoms. The molecule has 80 valence electrons. The Labute approximate surface area is 78.1 Å². The standard InChI is InChI=1S/C7H9F3N2O2/c8-7(9,10)1-2-12-4-5(13)11-3-6(12)14/h1-4H2,(H,11,13). The number of rotatable bonds is 2. The first-order valence-corrected chi connectivity index (χ1v) is 4.00. The zero-order valence-electron chi connectivity index (χ0n) is 7.23. The Morgan fingerprint density at radius 3 is 2.57 bits per heavy atom. The number of hydrogen-bond donors (Lipinski definition) is 1. The molecule has 0 radical (unpaired) electrons. The predicted molar refractivity (Wildman–Crippen MR) is 40.3 cm³/mol. The maximum absolute atomic E-state index is 11.8. The van der Waals surface area contributed by atoms with Crippen molar-refractivity contribution in [3.63, 3.8) is 0 Å². The number of nitrogens with one attached hydrogen (secondary N) is 1. The lowest BCUT2D eigenvalue weighted by atomic mass is 10.3. The fraction of sp³-hybridized carbons (Fsp3) is 0.714. The molecule has 0 atom stereocenters. The Morgan fingerprint density at radius 2 is 2.00 bits per heavy atom. The van der Waals surface area contributed by atoms with Crippen molar-refractivity contribution >= 4 is 11.8 Å². The molecular formula is C7H9F3N2O2. The van der Waals surface area contributed by atoms with Crippen LogP contribution in [0.15, 0.2) is 0 Å². The van der Waals surface area contributed by atoms with E-state index in [-0.39, 0.29) is 13.1 Å². The molecule has 0 saturated carbocycles. The van der Waals surface area contributed by atoms with E-state index < -0.39 is 31.0 Å². The first kappa shape index (κ1) is 10.8. The van der Waals surface area contributed by atoms with E-state index in [1.807, 2.05) is 0 Å². The maximum atomic E-state index is 11.8. The van der Waals surface area contributed by atoms with Crippen molar-refractivity contribution < 1.29 is 22.8 Å². The van der Waals surface area contributed by atoms with Gasteiger partial charge in [0.1, 0.15) is 0 Å². The average Bonchev–Trinajstić information content (AvgIpc) is 2.05. The zero-order chi connectivity index (χ0) is 10.8. The number of carbonyl (C=O) groups is 2. The molecule has 2 amide bonds. The Morgan fingerprint density at radius 1 is 1.36 bits per heavy atom. The molecule has 14 heavy (non-hydrogen) atoms. The minimum absolute atomic E-state index is 0.212. The molecule has 4 nitrogen and oxygen atoms in total. The number of nitrogens with zero attached hydrogens (tertiary/aromatic N) is 1. The molecule has 0 aliphatic carbocycles. The molecule has 0 aromatic heterocycles. The van der Waals surface area contributed by atoms with E-state index >= 15 is 0 Å². The Bertz CT molecular complexity index is 252. The van der Waals surface area contributed by atoms with Crippen LogP contribution in [-0.4, -0.2) is 42.5 Å². The second-order valence-corrected chi connectivity index (χ2v) is 2.96. The van der Waals surface area contributed by atoms with Crippen LogP contribution in [0.25, 0.3) is 0 Å². The van der Waals surface area contributed by atoms with Gasteiger partial charge in [-0.15, -0.1) is 0 Å². The van der Waals surface area contributed by atoms with E-state index in [1.165, 1.54) is 0 Å². The van der Waals surface area contributed by atoms with Crippen LogP contribution in [0.2, 0.25) is 0 Å². The molecule has 1 aliphatic rings. The normalized spacial score (nSPS) is 18.4. The number of carbonyl (C=O) groups excluding carboxylic acids is 2. The summed E-state index contributed by atoms with van der Waals surface area (Å²) in [6, 6.07) is 0. The van der Waals surface area contributed by atoms with E-state index in [4.69, 9.17) is 0 Å². The summed E-state index contributed by atoms with van der Waals surface area (Å²) in [6.07, 6.45) is -5.37. The molecular weight excluding hydrogens is 201 g/mol. The second-order valence-electron chi connectivity index (χ2n) is 2.96. The van der Waals surface area contributed by atoms with Crippen LogP contribution in [0.3, 0.4) is 0 Å². The number of halogens is 3. The number of hydrogen-bond acceptors (Lipinski definition) is 2. The number of piperazine rings is 1. The predicted octanol–water partition coefficient (Wildman–Crippen LogP) is -0.103.